The Kier molecular flexibility index (Phi) is 3.63. The first kappa shape index (κ1) is 12.2. The maximum absolute atomic E-state index is 12.0. The Bertz CT molecular complexity index is 547. The fourth-order valence-corrected chi connectivity index (χ4v) is 1.72. The lowest BCUT2D eigenvalue weighted by Gasteiger charge is -2.08. The van der Waals surface area contributed by atoms with Gasteiger partial charge in [0.2, 0.25) is 0 Å². The molecule has 18 heavy (non-hydrogen) atoms. The number of aryl methyl sites for hydroxylation is 1. The first-order chi connectivity index (χ1) is 8.70. The van der Waals surface area contributed by atoms with Crippen LogP contribution in [0.25, 0.3) is 0 Å². The summed E-state index contributed by atoms with van der Waals surface area (Å²) in [5.74, 6) is 0.263. The molecule has 2 aromatic rings. The Morgan fingerprint density at radius 1 is 1.17 bits per heavy atom. The van der Waals surface area contributed by atoms with Gasteiger partial charge in [-0.15, -0.1) is 0 Å². The Morgan fingerprint density at radius 3 is 2.56 bits per heavy atom. The molecule has 0 aliphatic rings. The predicted molar refractivity (Wildman–Crippen MR) is 68.9 cm³/mol. The van der Waals surface area contributed by atoms with Crippen LogP contribution in [0.2, 0.25) is 0 Å². The van der Waals surface area contributed by atoms with Gasteiger partial charge in [0, 0.05) is 0 Å². The molecule has 3 nitrogen and oxygen atoms in total. The highest BCUT2D eigenvalue weighted by atomic mass is 16.5. The van der Waals surface area contributed by atoms with Crippen LogP contribution in [0.5, 0.6) is 11.5 Å². The summed E-state index contributed by atoms with van der Waals surface area (Å²) in [6.07, 6.45) is 0.660. The smallest absolute Gasteiger partial charge is 0.343 e. The number of ether oxygens (including phenoxy) is 1. The van der Waals surface area contributed by atoms with Gasteiger partial charge in [0.1, 0.15) is 11.5 Å². The molecule has 3 heteroatoms. The minimum absolute atomic E-state index is 0.156. The van der Waals surface area contributed by atoms with E-state index in [2.05, 4.69) is 0 Å². The third-order valence-electron chi connectivity index (χ3n) is 2.64. The van der Waals surface area contributed by atoms with E-state index >= 15 is 0 Å². The molecule has 2 aromatic carbocycles. The molecular formula is C15H14O3. The van der Waals surface area contributed by atoms with Gasteiger partial charge in [-0.2, -0.15) is 0 Å². The van der Waals surface area contributed by atoms with E-state index in [1.807, 2.05) is 13.0 Å². The Hall–Kier alpha value is -2.29. The van der Waals surface area contributed by atoms with Crippen LogP contribution in [0.4, 0.5) is 0 Å². The number of para-hydroxylation sites is 1. The minimum Gasteiger partial charge on any atom is -0.508 e. The summed E-state index contributed by atoms with van der Waals surface area (Å²) < 4.78 is 5.26. The molecule has 0 saturated heterocycles. The number of aromatic hydroxyl groups is 1. The molecule has 1 N–H and O–H groups in total. The summed E-state index contributed by atoms with van der Waals surface area (Å²) in [6, 6.07) is 13.6. The van der Waals surface area contributed by atoms with Crippen molar-refractivity contribution in [1.82, 2.24) is 0 Å². The van der Waals surface area contributed by atoms with Crippen LogP contribution >= 0.6 is 0 Å². The Morgan fingerprint density at radius 2 is 1.89 bits per heavy atom. The van der Waals surface area contributed by atoms with Crippen molar-refractivity contribution in [3.05, 3.63) is 59.7 Å². The average Bonchev–Trinajstić information content (AvgIpc) is 2.39. The van der Waals surface area contributed by atoms with Crippen LogP contribution in [0.3, 0.4) is 0 Å². The zero-order valence-electron chi connectivity index (χ0n) is 10.1. The van der Waals surface area contributed by atoms with Crippen LogP contribution in [-0.2, 0) is 6.42 Å². The highest BCUT2D eigenvalue weighted by molar-refractivity contribution is 5.92. The fourth-order valence-electron chi connectivity index (χ4n) is 1.72. The summed E-state index contributed by atoms with van der Waals surface area (Å²) in [5, 5.41) is 9.39. The fraction of sp³-hybridized carbons (Fsp3) is 0.133. The number of phenols is 1. The monoisotopic (exact) mass is 242 g/mol. The van der Waals surface area contributed by atoms with Crippen molar-refractivity contribution >= 4 is 5.97 Å². The molecule has 0 spiro atoms. The molecule has 0 aromatic heterocycles. The van der Waals surface area contributed by atoms with Gasteiger partial charge in [-0.05, 0) is 42.3 Å². The van der Waals surface area contributed by atoms with E-state index in [0.717, 1.165) is 5.56 Å². The second-order valence-electron chi connectivity index (χ2n) is 3.90. The molecule has 0 aliphatic carbocycles. The van der Waals surface area contributed by atoms with E-state index in [1.54, 1.807) is 36.4 Å². The number of carbonyl (C=O) groups is 1. The molecule has 0 heterocycles. The predicted octanol–water partition coefficient (Wildman–Crippen LogP) is 3.17. The third-order valence-corrected chi connectivity index (χ3v) is 2.64. The quantitative estimate of drug-likeness (QED) is 0.664. The maximum Gasteiger partial charge on any atom is 0.343 e. The Labute approximate surface area is 106 Å². The molecule has 0 aliphatic heterocycles. The first-order valence-electron chi connectivity index (χ1n) is 5.80. The van der Waals surface area contributed by atoms with Gasteiger partial charge in [-0.1, -0.05) is 25.1 Å². The van der Waals surface area contributed by atoms with Crippen molar-refractivity contribution < 1.29 is 14.6 Å². The summed E-state index contributed by atoms with van der Waals surface area (Å²) in [7, 11) is 0. The van der Waals surface area contributed by atoms with Gasteiger partial charge in [-0.3, -0.25) is 0 Å². The lowest BCUT2D eigenvalue weighted by molar-refractivity contribution is 0.0733. The van der Waals surface area contributed by atoms with Gasteiger partial charge < -0.3 is 9.84 Å². The van der Waals surface area contributed by atoms with Crippen molar-refractivity contribution in [3.63, 3.8) is 0 Å². The number of phenolic OH excluding ortho intramolecular Hbond substituents is 1. The molecule has 0 saturated carbocycles. The molecule has 0 fully saturated rings. The third kappa shape index (κ3) is 2.69. The summed E-state index contributed by atoms with van der Waals surface area (Å²) in [6.45, 7) is 1.92. The largest absolute Gasteiger partial charge is 0.508 e. The van der Waals surface area contributed by atoms with Crippen LogP contribution in [0.1, 0.15) is 22.8 Å². The van der Waals surface area contributed by atoms with E-state index in [0.29, 0.717) is 17.7 Å². The van der Waals surface area contributed by atoms with Gasteiger partial charge in [0.05, 0.1) is 5.56 Å². The second-order valence-corrected chi connectivity index (χ2v) is 3.90. The molecule has 0 radical (unpaired) electrons. The normalized spacial score (nSPS) is 10.1. The average molecular weight is 242 g/mol. The zero-order chi connectivity index (χ0) is 13.0. The number of rotatable bonds is 3. The minimum atomic E-state index is -0.405. The lowest BCUT2D eigenvalue weighted by Crippen LogP contribution is -2.11. The van der Waals surface area contributed by atoms with Gasteiger partial charge >= 0.3 is 5.97 Å². The van der Waals surface area contributed by atoms with Crippen LogP contribution in [0, 0.1) is 0 Å². The number of benzene rings is 2. The van der Waals surface area contributed by atoms with Crippen molar-refractivity contribution in [2.75, 3.05) is 0 Å². The molecule has 2 rings (SSSR count). The number of carbonyl (C=O) groups excluding carboxylic acids is 1. The Balaban J connectivity index is 2.24. The number of hydrogen-bond donors (Lipinski definition) is 1. The van der Waals surface area contributed by atoms with Crippen molar-refractivity contribution in [1.29, 1.82) is 0 Å². The van der Waals surface area contributed by atoms with E-state index in [-0.39, 0.29) is 5.75 Å². The molecule has 0 unspecified atom stereocenters. The van der Waals surface area contributed by atoms with E-state index in [9.17, 15) is 9.90 Å². The van der Waals surface area contributed by atoms with E-state index < -0.39 is 5.97 Å². The van der Waals surface area contributed by atoms with Crippen molar-refractivity contribution in [3.8, 4) is 11.5 Å². The molecule has 0 atom stereocenters. The highest BCUT2D eigenvalue weighted by Gasteiger charge is 2.13. The van der Waals surface area contributed by atoms with Crippen molar-refractivity contribution in [2.45, 2.75) is 13.3 Å². The van der Waals surface area contributed by atoms with Crippen LogP contribution in [0.15, 0.2) is 48.5 Å². The summed E-state index contributed by atoms with van der Waals surface area (Å²) in [4.78, 5) is 12.0. The second kappa shape index (κ2) is 5.36. The number of esters is 1. The summed E-state index contributed by atoms with van der Waals surface area (Å²) >= 11 is 0. The van der Waals surface area contributed by atoms with Gasteiger partial charge in [0.15, 0.2) is 0 Å². The van der Waals surface area contributed by atoms with Crippen molar-refractivity contribution in [2.24, 2.45) is 0 Å². The summed E-state index contributed by atoms with van der Waals surface area (Å²) in [5.41, 5.74) is 1.26. The SMILES string of the molecule is CCc1cc(O)ccc1C(=O)Oc1ccccc1. The first-order valence-corrected chi connectivity index (χ1v) is 5.80. The van der Waals surface area contributed by atoms with Crippen LogP contribution in [-0.4, -0.2) is 11.1 Å². The lowest BCUT2D eigenvalue weighted by atomic mass is 10.1. The van der Waals surface area contributed by atoms with Crippen LogP contribution < -0.4 is 4.74 Å². The molecular weight excluding hydrogens is 228 g/mol. The highest BCUT2D eigenvalue weighted by Crippen LogP contribution is 2.19. The van der Waals surface area contributed by atoms with E-state index in [4.69, 9.17) is 4.74 Å². The van der Waals surface area contributed by atoms with Gasteiger partial charge in [0.25, 0.3) is 0 Å². The maximum atomic E-state index is 12.0. The molecule has 0 amide bonds. The van der Waals surface area contributed by atoms with E-state index in [1.165, 1.54) is 6.07 Å². The zero-order valence-corrected chi connectivity index (χ0v) is 10.1. The molecule has 92 valence electrons. The molecule has 0 bridgehead atoms. The number of hydrogen-bond acceptors (Lipinski definition) is 3. The standard InChI is InChI=1S/C15H14O3/c1-2-11-10-12(16)8-9-14(11)15(17)18-13-6-4-3-5-7-13/h3-10,16H,2H2,1H3. The van der Waals surface area contributed by atoms with Gasteiger partial charge in [-0.25, -0.2) is 4.79 Å². The topological polar surface area (TPSA) is 46.5 Å².